The van der Waals surface area contributed by atoms with E-state index in [4.69, 9.17) is 0 Å². The standard InChI is InChI=1S/C13H19NO2S.C2H6/c1-10-4-8-13(9-5-10)17(15,16)14-11(2)6-7-12(14)3;1-2/h4-5,8-9,11-12H,6-7H2,1-3H3;1-2H3. The molecule has 1 aliphatic heterocycles. The molecule has 108 valence electrons. The summed E-state index contributed by atoms with van der Waals surface area (Å²) in [5.74, 6) is 0. The van der Waals surface area contributed by atoms with Gasteiger partial charge in [-0.2, -0.15) is 4.31 Å². The SMILES string of the molecule is CC.Cc1ccc(S(=O)(=O)N2C(C)CCC2C)cc1. The lowest BCUT2D eigenvalue weighted by Gasteiger charge is -2.25. The maximum atomic E-state index is 12.5. The van der Waals surface area contributed by atoms with E-state index in [9.17, 15) is 8.42 Å². The Hall–Kier alpha value is -0.870. The molecule has 0 aliphatic carbocycles. The molecule has 2 rings (SSSR count). The van der Waals surface area contributed by atoms with Crippen molar-refractivity contribution in [1.29, 1.82) is 0 Å². The van der Waals surface area contributed by atoms with Gasteiger partial charge in [-0.25, -0.2) is 8.42 Å². The van der Waals surface area contributed by atoms with Crippen molar-refractivity contribution in [2.24, 2.45) is 0 Å². The fraction of sp³-hybridized carbons (Fsp3) is 0.600. The van der Waals surface area contributed by atoms with Crippen LogP contribution in [0, 0.1) is 6.92 Å². The maximum absolute atomic E-state index is 12.5. The number of hydrogen-bond acceptors (Lipinski definition) is 2. The molecule has 0 saturated carbocycles. The van der Waals surface area contributed by atoms with Crippen molar-refractivity contribution < 1.29 is 8.42 Å². The Kier molecular flexibility index (Phi) is 5.56. The zero-order valence-corrected chi connectivity index (χ0v) is 13.4. The Morgan fingerprint density at radius 1 is 1.00 bits per heavy atom. The number of rotatable bonds is 2. The molecule has 2 unspecified atom stereocenters. The van der Waals surface area contributed by atoms with E-state index in [1.165, 1.54) is 0 Å². The van der Waals surface area contributed by atoms with E-state index in [1.54, 1.807) is 16.4 Å². The molecule has 1 aromatic rings. The Bertz CT molecular complexity index is 483. The highest BCUT2D eigenvalue weighted by Gasteiger charge is 2.37. The van der Waals surface area contributed by atoms with Crippen LogP contribution in [-0.4, -0.2) is 24.8 Å². The number of aryl methyl sites for hydroxylation is 1. The highest BCUT2D eigenvalue weighted by Crippen LogP contribution is 2.30. The first-order valence-corrected chi connectivity index (χ1v) is 8.47. The minimum Gasteiger partial charge on any atom is -0.207 e. The zero-order chi connectivity index (χ0) is 14.6. The van der Waals surface area contributed by atoms with Gasteiger partial charge < -0.3 is 0 Å². The average Bonchev–Trinajstić information content (AvgIpc) is 2.72. The summed E-state index contributed by atoms with van der Waals surface area (Å²) < 4.78 is 26.6. The van der Waals surface area contributed by atoms with Crippen molar-refractivity contribution in [2.45, 2.75) is 64.4 Å². The van der Waals surface area contributed by atoms with Gasteiger partial charge in [0, 0.05) is 12.1 Å². The van der Waals surface area contributed by atoms with E-state index < -0.39 is 10.0 Å². The third-order valence-corrected chi connectivity index (χ3v) is 5.61. The van der Waals surface area contributed by atoms with Gasteiger partial charge in [0.2, 0.25) is 10.0 Å². The Morgan fingerprint density at radius 2 is 1.42 bits per heavy atom. The molecule has 1 fully saturated rings. The summed E-state index contributed by atoms with van der Waals surface area (Å²) in [5.41, 5.74) is 1.08. The normalized spacial score (nSPS) is 23.8. The van der Waals surface area contributed by atoms with Gasteiger partial charge in [0.15, 0.2) is 0 Å². The quantitative estimate of drug-likeness (QED) is 0.832. The van der Waals surface area contributed by atoms with Gasteiger partial charge in [0.1, 0.15) is 0 Å². The highest BCUT2D eigenvalue weighted by molar-refractivity contribution is 7.89. The van der Waals surface area contributed by atoms with Crippen LogP contribution in [0.3, 0.4) is 0 Å². The van der Waals surface area contributed by atoms with Crippen LogP contribution >= 0.6 is 0 Å². The van der Waals surface area contributed by atoms with Crippen molar-refractivity contribution in [1.82, 2.24) is 4.31 Å². The molecule has 0 spiro atoms. The Labute approximate surface area is 117 Å². The molecule has 3 nitrogen and oxygen atoms in total. The van der Waals surface area contributed by atoms with Crippen LogP contribution in [-0.2, 0) is 10.0 Å². The molecule has 0 aromatic heterocycles. The highest BCUT2D eigenvalue weighted by atomic mass is 32.2. The van der Waals surface area contributed by atoms with E-state index >= 15 is 0 Å². The molecule has 2 atom stereocenters. The number of nitrogens with zero attached hydrogens (tertiary/aromatic N) is 1. The first-order chi connectivity index (χ1) is 8.93. The monoisotopic (exact) mass is 283 g/mol. The van der Waals surface area contributed by atoms with Crippen LogP contribution in [0.5, 0.6) is 0 Å². The number of benzene rings is 1. The van der Waals surface area contributed by atoms with E-state index in [0.29, 0.717) is 4.90 Å². The second kappa shape index (κ2) is 6.53. The topological polar surface area (TPSA) is 37.4 Å². The molecular formula is C15H25NO2S. The van der Waals surface area contributed by atoms with E-state index in [1.807, 2.05) is 46.8 Å². The molecule has 1 saturated heterocycles. The fourth-order valence-electron chi connectivity index (χ4n) is 2.48. The lowest BCUT2D eigenvalue weighted by atomic mass is 10.2. The molecule has 0 radical (unpaired) electrons. The first kappa shape index (κ1) is 16.2. The molecule has 19 heavy (non-hydrogen) atoms. The second-order valence-electron chi connectivity index (χ2n) is 4.92. The van der Waals surface area contributed by atoms with Gasteiger partial charge in [0.05, 0.1) is 4.90 Å². The van der Waals surface area contributed by atoms with E-state index in [-0.39, 0.29) is 12.1 Å². The van der Waals surface area contributed by atoms with E-state index in [2.05, 4.69) is 0 Å². The first-order valence-electron chi connectivity index (χ1n) is 7.03. The molecule has 4 heteroatoms. The molecule has 0 bridgehead atoms. The van der Waals surface area contributed by atoms with Crippen molar-refractivity contribution in [3.05, 3.63) is 29.8 Å². The number of sulfonamides is 1. The summed E-state index contributed by atoms with van der Waals surface area (Å²) in [7, 11) is -3.32. The third kappa shape index (κ3) is 3.37. The van der Waals surface area contributed by atoms with Gasteiger partial charge in [-0.3, -0.25) is 0 Å². The van der Waals surface area contributed by atoms with Crippen LogP contribution in [0.25, 0.3) is 0 Å². The Balaban J connectivity index is 0.000000861. The van der Waals surface area contributed by atoms with Crippen molar-refractivity contribution >= 4 is 10.0 Å². The molecule has 1 heterocycles. The van der Waals surface area contributed by atoms with Crippen molar-refractivity contribution in [3.8, 4) is 0 Å². The molecular weight excluding hydrogens is 258 g/mol. The van der Waals surface area contributed by atoms with Crippen molar-refractivity contribution in [2.75, 3.05) is 0 Å². The molecule has 0 N–H and O–H groups in total. The molecule has 1 aliphatic rings. The molecule has 1 aromatic carbocycles. The predicted molar refractivity (Wildman–Crippen MR) is 79.7 cm³/mol. The van der Waals surface area contributed by atoms with Gasteiger partial charge in [-0.05, 0) is 45.7 Å². The summed E-state index contributed by atoms with van der Waals surface area (Å²) in [6.07, 6.45) is 1.90. The lowest BCUT2D eigenvalue weighted by Crippen LogP contribution is -2.38. The minimum absolute atomic E-state index is 0.108. The molecule has 0 amide bonds. The second-order valence-corrected chi connectivity index (χ2v) is 6.77. The summed E-state index contributed by atoms with van der Waals surface area (Å²) in [6, 6.07) is 7.30. The van der Waals surface area contributed by atoms with Gasteiger partial charge in [-0.1, -0.05) is 31.5 Å². The summed E-state index contributed by atoms with van der Waals surface area (Å²) in [5, 5.41) is 0. The average molecular weight is 283 g/mol. The summed E-state index contributed by atoms with van der Waals surface area (Å²) in [4.78, 5) is 0.406. The summed E-state index contributed by atoms with van der Waals surface area (Å²) >= 11 is 0. The van der Waals surface area contributed by atoms with Gasteiger partial charge in [0.25, 0.3) is 0 Å². The van der Waals surface area contributed by atoms with Crippen LogP contribution in [0.4, 0.5) is 0 Å². The lowest BCUT2D eigenvalue weighted by molar-refractivity contribution is 0.350. The largest absolute Gasteiger partial charge is 0.243 e. The van der Waals surface area contributed by atoms with Crippen LogP contribution in [0.1, 0.15) is 46.1 Å². The van der Waals surface area contributed by atoms with Crippen LogP contribution in [0.15, 0.2) is 29.2 Å². The third-order valence-electron chi connectivity index (χ3n) is 3.47. The maximum Gasteiger partial charge on any atom is 0.243 e. The number of hydrogen-bond donors (Lipinski definition) is 0. The fourth-order valence-corrected chi connectivity index (χ4v) is 4.36. The van der Waals surface area contributed by atoms with Crippen molar-refractivity contribution in [3.63, 3.8) is 0 Å². The zero-order valence-electron chi connectivity index (χ0n) is 12.6. The van der Waals surface area contributed by atoms with Crippen LogP contribution < -0.4 is 0 Å². The Morgan fingerprint density at radius 3 is 1.84 bits per heavy atom. The van der Waals surface area contributed by atoms with Crippen LogP contribution in [0.2, 0.25) is 0 Å². The van der Waals surface area contributed by atoms with Gasteiger partial charge in [-0.15, -0.1) is 0 Å². The van der Waals surface area contributed by atoms with E-state index in [0.717, 1.165) is 18.4 Å². The smallest absolute Gasteiger partial charge is 0.207 e. The predicted octanol–water partition coefficient (Wildman–Crippen LogP) is 3.58. The summed E-state index contributed by atoms with van der Waals surface area (Å²) in [6.45, 7) is 9.92. The minimum atomic E-state index is -3.32. The van der Waals surface area contributed by atoms with Gasteiger partial charge >= 0.3 is 0 Å².